The highest BCUT2D eigenvalue weighted by Crippen LogP contribution is 2.33. The molecule has 0 atom stereocenters. The number of hydrogen-bond donors (Lipinski definition) is 2. The number of imide groups is 1. The lowest BCUT2D eigenvalue weighted by molar-refractivity contribution is -0.120. The summed E-state index contributed by atoms with van der Waals surface area (Å²) in [6.07, 6.45) is 11.6. The van der Waals surface area contributed by atoms with E-state index in [1.54, 1.807) is 35.4 Å². The van der Waals surface area contributed by atoms with E-state index in [1.165, 1.54) is 0 Å². The largest absolute Gasteiger partial charge is 0.490 e. The van der Waals surface area contributed by atoms with Gasteiger partial charge in [-0.1, -0.05) is 11.6 Å². The van der Waals surface area contributed by atoms with E-state index < -0.39 is 0 Å². The number of halogens is 1. The number of hydrogen-bond acceptors (Lipinski definition) is 10. The van der Waals surface area contributed by atoms with Crippen LogP contribution in [0.3, 0.4) is 0 Å². The number of anilines is 2. The number of urea groups is 1. The van der Waals surface area contributed by atoms with Gasteiger partial charge in [-0.2, -0.15) is 5.26 Å². The predicted molar refractivity (Wildman–Crippen MR) is 207 cm³/mol. The number of rotatable bonds is 9. The highest BCUT2D eigenvalue weighted by Gasteiger charge is 2.30. The number of nitrogens with one attached hydrogen (secondary N) is 2. The van der Waals surface area contributed by atoms with E-state index in [0.717, 1.165) is 107 Å². The third kappa shape index (κ3) is 8.23. The van der Waals surface area contributed by atoms with Crippen molar-refractivity contribution in [3.05, 3.63) is 71.1 Å². The first-order chi connectivity index (χ1) is 26.8. The van der Waals surface area contributed by atoms with Crippen molar-refractivity contribution in [3.8, 4) is 11.8 Å². The SMILES string of the molecule is N#Cc1ccc(O[C@H]2CC[C@H](NC(=O)c3ccc(N4CCC(CN5CCC(n6ccc7c(N8CCC(=O)NC8=O)ccnc76)CC5)CC4)nn3)CC2)cc1Cl. The number of carbonyl (C=O) groups is 3. The van der Waals surface area contributed by atoms with E-state index in [1.807, 2.05) is 18.2 Å². The van der Waals surface area contributed by atoms with Crippen LogP contribution in [0.25, 0.3) is 11.0 Å². The Morgan fingerprint density at radius 2 is 1.75 bits per heavy atom. The van der Waals surface area contributed by atoms with Crippen LogP contribution in [-0.4, -0.2) is 93.9 Å². The molecule has 1 saturated carbocycles. The predicted octanol–water partition coefficient (Wildman–Crippen LogP) is 5.47. The number of ether oxygens (including phenoxy) is 1. The fourth-order valence-electron chi connectivity index (χ4n) is 8.51. The number of amides is 4. The molecule has 0 bridgehead atoms. The average molecular weight is 765 g/mol. The number of fused-ring (bicyclic) bond motifs is 1. The van der Waals surface area contributed by atoms with Gasteiger partial charge in [0.05, 0.1) is 22.4 Å². The number of piperidine rings is 2. The van der Waals surface area contributed by atoms with Crippen molar-refractivity contribution in [1.29, 1.82) is 5.26 Å². The maximum absolute atomic E-state index is 13.0. The fourth-order valence-corrected chi connectivity index (χ4v) is 8.72. The van der Waals surface area contributed by atoms with Gasteiger partial charge in [-0.05, 0) is 93.7 Å². The van der Waals surface area contributed by atoms with Crippen LogP contribution in [0.15, 0.2) is 54.9 Å². The van der Waals surface area contributed by atoms with Crippen molar-refractivity contribution in [2.45, 2.75) is 76.0 Å². The summed E-state index contributed by atoms with van der Waals surface area (Å²) in [7, 11) is 0. The number of nitrogens with zero attached hydrogens (tertiary/aromatic N) is 8. The molecule has 3 saturated heterocycles. The molecule has 286 valence electrons. The monoisotopic (exact) mass is 764 g/mol. The maximum Gasteiger partial charge on any atom is 0.328 e. The summed E-state index contributed by atoms with van der Waals surface area (Å²) < 4.78 is 8.35. The van der Waals surface area contributed by atoms with Crippen LogP contribution in [-0.2, 0) is 4.79 Å². The lowest BCUT2D eigenvalue weighted by Crippen LogP contribution is -2.49. The molecule has 8 rings (SSSR count). The minimum Gasteiger partial charge on any atom is -0.490 e. The third-order valence-corrected chi connectivity index (χ3v) is 11.9. The molecule has 3 aliphatic heterocycles. The third-order valence-electron chi connectivity index (χ3n) is 11.6. The number of likely N-dealkylation sites (tertiary alicyclic amines) is 1. The normalized spacial score (nSPS) is 21.7. The highest BCUT2D eigenvalue weighted by atomic mass is 35.5. The van der Waals surface area contributed by atoms with Crippen LogP contribution >= 0.6 is 11.6 Å². The Morgan fingerprint density at radius 3 is 2.45 bits per heavy atom. The number of pyridine rings is 1. The minimum absolute atomic E-state index is 0.0330. The Labute approximate surface area is 324 Å². The smallest absolute Gasteiger partial charge is 0.328 e. The van der Waals surface area contributed by atoms with Gasteiger partial charge in [-0.25, -0.2) is 9.78 Å². The summed E-state index contributed by atoms with van der Waals surface area (Å²) in [5, 5.41) is 24.7. The van der Waals surface area contributed by atoms with Crippen molar-refractivity contribution in [2.24, 2.45) is 5.92 Å². The van der Waals surface area contributed by atoms with Gasteiger partial charge >= 0.3 is 6.03 Å². The molecule has 15 heteroatoms. The van der Waals surface area contributed by atoms with Gasteiger partial charge in [0.1, 0.15) is 17.5 Å². The quantitative estimate of drug-likeness (QED) is 0.224. The van der Waals surface area contributed by atoms with E-state index in [9.17, 15) is 14.4 Å². The van der Waals surface area contributed by atoms with Crippen LogP contribution < -0.4 is 25.2 Å². The van der Waals surface area contributed by atoms with E-state index >= 15 is 0 Å². The molecule has 1 aromatic carbocycles. The Hall–Kier alpha value is -5.26. The number of nitriles is 1. The average Bonchev–Trinajstić information content (AvgIpc) is 3.64. The summed E-state index contributed by atoms with van der Waals surface area (Å²) in [6, 6.07) is 14.7. The molecule has 4 fully saturated rings. The van der Waals surface area contributed by atoms with E-state index in [2.05, 4.69) is 52.4 Å². The Bertz CT molecular complexity index is 2080. The zero-order valence-electron chi connectivity index (χ0n) is 30.7. The second-order valence-electron chi connectivity index (χ2n) is 15.1. The van der Waals surface area contributed by atoms with Gasteiger partial charge in [-0.3, -0.25) is 19.8 Å². The molecule has 2 N–H and O–H groups in total. The highest BCUT2D eigenvalue weighted by molar-refractivity contribution is 6.31. The Kier molecular flexibility index (Phi) is 10.8. The molecule has 6 heterocycles. The fraction of sp³-hybridized carbons (Fsp3) is 0.475. The molecule has 4 amide bonds. The number of benzene rings is 1. The van der Waals surface area contributed by atoms with Crippen molar-refractivity contribution in [3.63, 3.8) is 0 Å². The lowest BCUT2D eigenvalue weighted by atomic mass is 9.92. The van der Waals surface area contributed by atoms with Crippen molar-refractivity contribution < 1.29 is 19.1 Å². The Balaban J connectivity index is 0.760. The van der Waals surface area contributed by atoms with Crippen LogP contribution in [0.5, 0.6) is 5.75 Å². The summed E-state index contributed by atoms with van der Waals surface area (Å²) in [5.74, 6) is 1.63. The van der Waals surface area contributed by atoms with Crippen molar-refractivity contribution in [2.75, 3.05) is 49.1 Å². The molecular formula is C40H45ClN10O4. The standard InChI is InChI=1S/C40H45ClN10O4/c41-33-23-31(4-1-27(33)24-42)55-30-5-2-28(3-6-30)44-39(53)34-7-8-36(47-46-34)49-19-10-26(11-20-49)25-48-17-12-29(13-18-48)50-21-14-32-35(9-16-43-38(32)50)51-22-15-37(52)45-40(51)54/h1,4,7-9,14,16,21,23,26,28-30H,2-3,5-6,10-13,15,17-20,22,25H2,(H,44,53)(H,45,52,54)/t28-,30-. The van der Waals surface area contributed by atoms with Gasteiger partial charge in [0.15, 0.2) is 11.5 Å². The maximum atomic E-state index is 13.0. The molecule has 14 nitrogen and oxygen atoms in total. The van der Waals surface area contributed by atoms with Gasteiger partial charge in [0, 0.05) is 81.6 Å². The van der Waals surface area contributed by atoms with Crippen LogP contribution in [0.4, 0.5) is 16.3 Å². The number of carbonyl (C=O) groups excluding carboxylic acids is 3. The lowest BCUT2D eigenvalue weighted by Gasteiger charge is -2.38. The molecule has 1 aliphatic carbocycles. The molecule has 3 aromatic heterocycles. The van der Waals surface area contributed by atoms with E-state index in [0.29, 0.717) is 40.5 Å². The van der Waals surface area contributed by atoms with Crippen LogP contribution in [0.2, 0.25) is 5.02 Å². The van der Waals surface area contributed by atoms with Crippen molar-refractivity contribution >= 4 is 52.0 Å². The molecular weight excluding hydrogens is 720 g/mol. The molecule has 0 spiro atoms. The molecule has 0 unspecified atom stereocenters. The summed E-state index contributed by atoms with van der Waals surface area (Å²) in [6.45, 7) is 5.33. The number of aromatic nitrogens is 4. The topological polar surface area (TPSA) is 162 Å². The van der Waals surface area contributed by atoms with Gasteiger partial charge in [-0.15, -0.1) is 10.2 Å². The second kappa shape index (κ2) is 16.2. The Morgan fingerprint density at radius 1 is 0.945 bits per heavy atom. The van der Waals surface area contributed by atoms with E-state index in [-0.39, 0.29) is 36.4 Å². The first-order valence-corrected chi connectivity index (χ1v) is 19.7. The first-order valence-electron chi connectivity index (χ1n) is 19.4. The molecule has 0 radical (unpaired) electrons. The first kappa shape index (κ1) is 36.7. The summed E-state index contributed by atoms with van der Waals surface area (Å²) in [5.41, 5.74) is 2.41. The second-order valence-corrected chi connectivity index (χ2v) is 15.5. The zero-order valence-corrected chi connectivity index (χ0v) is 31.5. The molecule has 4 aromatic rings. The minimum atomic E-state index is -0.381. The summed E-state index contributed by atoms with van der Waals surface area (Å²) in [4.78, 5) is 48.4. The molecule has 4 aliphatic rings. The van der Waals surface area contributed by atoms with Crippen LogP contribution in [0.1, 0.15) is 79.9 Å². The molecule has 55 heavy (non-hydrogen) atoms. The van der Waals surface area contributed by atoms with Crippen molar-refractivity contribution in [1.82, 2.24) is 35.3 Å². The summed E-state index contributed by atoms with van der Waals surface area (Å²) >= 11 is 6.15. The van der Waals surface area contributed by atoms with E-state index in [4.69, 9.17) is 21.6 Å². The zero-order chi connectivity index (χ0) is 37.9. The van der Waals surface area contributed by atoms with Gasteiger partial charge in [0.25, 0.3) is 5.91 Å². The van der Waals surface area contributed by atoms with Gasteiger partial charge in [0.2, 0.25) is 5.91 Å². The van der Waals surface area contributed by atoms with Crippen LogP contribution in [0, 0.1) is 17.2 Å². The van der Waals surface area contributed by atoms with Gasteiger partial charge < -0.3 is 24.4 Å².